The van der Waals surface area contributed by atoms with Gasteiger partial charge < -0.3 is 19.8 Å². The Hall–Kier alpha value is -1.40. The van der Waals surface area contributed by atoms with Gasteiger partial charge in [0, 0.05) is 13.1 Å². The van der Waals surface area contributed by atoms with Gasteiger partial charge in [0.25, 0.3) is 5.91 Å². The zero-order valence-electron chi connectivity index (χ0n) is 10.0. The normalized spacial score (nSPS) is 22.1. The number of nitrogens with one attached hydrogen (secondary N) is 2. The predicted octanol–water partition coefficient (Wildman–Crippen LogP) is 0.149. The largest absolute Gasteiger partial charge is 0.444 e. The van der Waals surface area contributed by atoms with Gasteiger partial charge in [-0.15, -0.1) is 0 Å². The van der Waals surface area contributed by atoms with Gasteiger partial charge in [-0.25, -0.2) is 4.98 Å². The molecule has 94 valence electrons. The summed E-state index contributed by atoms with van der Waals surface area (Å²) in [6.07, 6.45) is 1.21. The maximum atomic E-state index is 11.8. The molecule has 1 aliphatic heterocycles. The zero-order chi connectivity index (χ0) is 12.3. The van der Waals surface area contributed by atoms with Crippen LogP contribution in [0, 0.1) is 6.92 Å². The third-order valence-corrected chi connectivity index (χ3v) is 2.59. The minimum atomic E-state index is -0.428. The number of aromatic nitrogens is 1. The van der Waals surface area contributed by atoms with Crippen molar-refractivity contribution < 1.29 is 13.9 Å². The molecule has 0 radical (unpaired) electrons. The number of hydrogen-bond donors (Lipinski definition) is 2. The molecule has 1 amide bonds. The lowest BCUT2D eigenvalue weighted by Crippen LogP contribution is -2.48. The summed E-state index contributed by atoms with van der Waals surface area (Å²) in [5, 5.41) is 5.93. The molecule has 6 nitrogen and oxygen atoms in total. The van der Waals surface area contributed by atoms with Gasteiger partial charge in [-0.1, -0.05) is 0 Å². The van der Waals surface area contributed by atoms with Gasteiger partial charge in [0.2, 0.25) is 5.89 Å². The van der Waals surface area contributed by atoms with Crippen molar-refractivity contribution in [3.63, 3.8) is 0 Å². The first-order valence-corrected chi connectivity index (χ1v) is 5.72. The molecule has 2 N–H and O–H groups in total. The quantitative estimate of drug-likeness (QED) is 0.785. The molecule has 1 fully saturated rings. The first kappa shape index (κ1) is 12.1. The molecule has 1 aromatic rings. The maximum absolute atomic E-state index is 11.8. The molecule has 2 unspecified atom stereocenters. The van der Waals surface area contributed by atoms with Crippen LogP contribution in [0.25, 0.3) is 0 Å². The standard InChI is InChI=1S/C11H17N3O3/c1-7-5-13-11(17-7)8(2)14-10(15)9-6-12-3-4-16-9/h5,8-9,12H,3-4,6H2,1-2H3,(H,14,15). The number of amides is 1. The van der Waals surface area contributed by atoms with E-state index in [-0.39, 0.29) is 11.9 Å². The van der Waals surface area contributed by atoms with Crippen molar-refractivity contribution in [3.05, 3.63) is 17.8 Å². The van der Waals surface area contributed by atoms with E-state index in [0.717, 1.165) is 12.3 Å². The van der Waals surface area contributed by atoms with E-state index in [9.17, 15) is 4.79 Å². The Labute approximate surface area is 99.7 Å². The van der Waals surface area contributed by atoms with E-state index < -0.39 is 6.10 Å². The van der Waals surface area contributed by atoms with Crippen molar-refractivity contribution in [1.82, 2.24) is 15.6 Å². The Morgan fingerprint density at radius 1 is 1.71 bits per heavy atom. The van der Waals surface area contributed by atoms with E-state index in [2.05, 4.69) is 15.6 Å². The highest BCUT2D eigenvalue weighted by atomic mass is 16.5. The molecule has 0 bridgehead atoms. The van der Waals surface area contributed by atoms with E-state index in [0.29, 0.717) is 19.0 Å². The second-order valence-electron chi connectivity index (χ2n) is 4.10. The Bertz CT molecular complexity index is 385. The van der Waals surface area contributed by atoms with Crippen molar-refractivity contribution in [1.29, 1.82) is 0 Å². The van der Waals surface area contributed by atoms with Gasteiger partial charge in [0.1, 0.15) is 17.9 Å². The lowest BCUT2D eigenvalue weighted by molar-refractivity contribution is -0.135. The van der Waals surface area contributed by atoms with Crippen LogP contribution in [0.5, 0.6) is 0 Å². The molecule has 1 aromatic heterocycles. The molecule has 2 heterocycles. The van der Waals surface area contributed by atoms with Crippen molar-refractivity contribution in [2.24, 2.45) is 0 Å². The minimum absolute atomic E-state index is 0.138. The second-order valence-corrected chi connectivity index (χ2v) is 4.10. The van der Waals surface area contributed by atoms with E-state index in [1.807, 2.05) is 13.8 Å². The van der Waals surface area contributed by atoms with Crippen LogP contribution in [-0.4, -0.2) is 36.7 Å². The van der Waals surface area contributed by atoms with E-state index in [4.69, 9.17) is 9.15 Å². The molecular formula is C11H17N3O3. The lowest BCUT2D eigenvalue weighted by atomic mass is 10.2. The highest BCUT2D eigenvalue weighted by Crippen LogP contribution is 2.12. The number of morpholine rings is 1. The molecule has 2 atom stereocenters. The molecule has 0 spiro atoms. The van der Waals surface area contributed by atoms with Crippen LogP contribution >= 0.6 is 0 Å². The number of carbonyl (C=O) groups is 1. The molecule has 1 aliphatic rings. The van der Waals surface area contributed by atoms with E-state index in [1.54, 1.807) is 6.20 Å². The van der Waals surface area contributed by atoms with Gasteiger partial charge in [-0.3, -0.25) is 4.79 Å². The van der Waals surface area contributed by atoms with Crippen molar-refractivity contribution >= 4 is 5.91 Å². The summed E-state index contributed by atoms with van der Waals surface area (Å²) in [5.74, 6) is 1.11. The fourth-order valence-corrected chi connectivity index (χ4v) is 1.67. The van der Waals surface area contributed by atoms with Crippen LogP contribution in [-0.2, 0) is 9.53 Å². The van der Waals surface area contributed by atoms with Crippen LogP contribution in [0.3, 0.4) is 0 Å². The molecule has 17 heavy (non-hydrogen) atoms. The average Bonchev–Trinajstić information content (AvgIpc) is 2.77. The number of ether oxygens (including phenoxy) is 1. The van der Waals surface area contributed by atoms with Crippen LogP contribution in [0.15, 0.2) is 10.6 Å². The Kier molecular flexibility index (Phi) is 3.75. The number of carbonyl (C=O) groups excluding carboxylic acids is 1. The van der Waals surface area contributed by atoms with E-state index in [1.165, 1.54) is 0 Å². The monoisotopic (exact) mass is 239 g/mol. The average molecular weight is 239 g/mol. The summed E-state index contributed by atoms with van der Waals surface area (Å²) >= 11 is 0. The maximum Gasteiger partial charge on any atom is 0.251 e. The lowest BCUT2D eigenvalue weighted by Gasteiger charge is -2.23. The van der Waals surface area contributed by atoms with Gasteiger partial charge >= 0.3 is 0 Å². The molecule has 0 aromatic carbocycles. The highest BCUT2D eigenvalue weighted by Gasteiger charge is 2.24. The van der Waals surface area contributed by atoms with Crippen LogP contribution in [0.4, 0.5) is 0 Å². The fraction of sp³-hybridized carbons (Fsp3) is 0.636. The van der Waals surface area contributed by atoms with Crippen molar-refractivity contribution in [2.45, 2.75) is 26.0 Å². The number of hydrogen-bond acceptors (Lipinski definition) is 5. The Morgan fingerprint density at radius 3 is 3.12 bits per heavy atom. The highest BCUT2D eigenvalue weighted by molar-refractivity contribution is 5.81. The third kappa shape index (κ3) is 3.04. The first-order valence-electron chi connectivity index (χ1n) is 5.72. The summed E-state index contributed by atoms with van der Waals surface area (Å²) in [6, 6.07) is -0.248. The zero-order valence-corrected chi connectivity index (χ0v) is 10.0. The van der Waals surface area contributed by atoms with Crippen molar-refractivity contribution in [2.75, 3.05) is 19.7 Å². The third-order valence-electron chi connectivity index (χ3n) is 2.59. The SMILES string of the molecule is Cc1cnc(C(C)NC(=O)C2CNCCO2)o1. The van der Waals surface area contributed by atoms with Crippen LogP contribution < -0.4 is 10.6 Å². The molecule has 0 aliphatic carbocycles. The summed E-state index contributed by atoms with van der Waals surface area (Å²) < 4.78 is 10.7. The van der Waals surface area contributed by atoms with Gasteiger partial charge in [-0.2, -0.15) is 0 Å². The van der Waals surface area contributed by atoms with Crippen molar-refractivity contribution in [3.8, 4) is 0 Å². The Morgan fingerprint density at radius 2 is 2.53 bits per heavy atom. The summed E-state index contributed by atoms with van der Waals surface area (Å²) in [6.45, 7) is 5.55. The summed E-state index contributed by atoms with van der Waals surface area (Å²) in [4.78, 5) is 15.9. The number of aryl methyl sites for hydroxylation is 1. The Balaban J connectivity index is 1.89. The van der Waals surface area contributed by atoms with Gasteiger partial charge in [0.15, 0.2) is 0 Å². The minimum Gasteiger partial charge on any atom is -0.444 e. The van der Waals surface area contributed by atoms with Gasteiger partial charge in [-0.05, 0) is 13.8 Å². The smallest absolute Gasteiger partial charge is 0.251 e. The molecular weight excluding hydrogens is 222 g/mol. The summed E-state index contributed by atoms with van der Waals surface area (Å²) in [5.41, 5.74) is 0. The number of oxazole rings is 1. The topological polar surface area (TPSA) is 76.4 Å². The molecule has 6 heteroatoms. The first-order chi connectivity index (χ1) is 8.16. The van der Waals surface area contributed by atoms with Crippen LogP contribution in [0.1, 0.15) is 24.6 Å². The second kappa shape index (κ2) is 5.29. The molecule has 0 saturated carbocycles. The fourth-order valence-electron chi connectivity index (χ4n) is 1.67. The number of rotatable bonds is 3. The summed E-state index contributed by atoms with van der Waals surface area (Å²) in [7, 11) is 0. The number of nitrogens with zero attached hydrogens (tertiary/aromatic N) is 1. The van der Waals surface area contributed by atoms with E-state index >= 15 is 0 Å². The predicted molar refractivity (Wildman–Crippen MR) is 60.4 cm³/mol. The van der Waals surface area contributed by atoms with Crippen LogP contribution in [0.2, 0.25) is 0 Å². The molecule has 1 saturated heterocycles. The van der Waals surface area contributed by atoms with Gasteiger partial charge in [0.05, 0.1) is 12.8 Å². The molecule has 2 rings (SSSR count).